The molecule has 1 saturated heterocycles. The van der Waals surface area contributed by atoms with Gasteiger partial charge in [0.05, 0.1) is 6.10 Å². The molecule has 2 unspecified atom stereocenters. The Balaban J connectivity index is 1.85. The third-order valence-corrected chi connectivity index (χ3v) is 3.84. The second-order valence-corrected chi connectivity index (χ2v) is 5.14. The van der Waals surface area contributed by atoms with Crippen LogP contribution in [0, 0.1) is 11.6 Å². The molecule has 0 saturated carbocycles. The van der Waals surface area contributed by atoms with Crippen LogP contribution in [-0.4, -0.2) is 29.0 Å². The zero-order chi connectivity index (χ0) is 13.1. The molecule has 1 aromatic rings. The predicted molar refractivity (Wildman–Crippen MR) is 62.6 cm³/mol. The Kier molecular flexibility index (Phi) is 4.19. The summed E-state index contributed by atoms with van der Waals surface area (Å²) in [7, 11) is 0. The number of halogens is 2. The van der Waals surface area contributed by atoms with E-state index in [0.29, 0.717) is 23.5 Å². The fourth-order valence-corrected chi connectivity index (χ4v) is 2.74. The van der Waals surface area contributed by atoms with Crippen molar-refractivity contribution in [2.24, 2.45) is 0 Å². The maximum absolute atomic E-state index is 13.0. The molecule has 0 amide bonds. The summed E-state index contributed by atoms with van der Waals surface area (Å²) < 4.78 is 31.0. The number of carboxylic acid groups (broad SMARTS) is 1. The van der Waals surface area contributed by atoms with Crippen molar-refractivity contribution in [1.29, 1.82) is 0 Å². The zero-order valence-corrected chi connectivity index (χ0v) is 10.3. The molecule has 0 aromatic heterocycles. The van der Waals surface area contributed by atoms with Gasteiger partial charge in [0.1, 0.15) is 0 Å². The molecular formula is C12H12F2O3S. The maximum atomic E-state index is 13.0. The molecule has 6 heteroatoms. The summed E-state index contributed by atoms with van der Waals surface area (Å²) >= 11 is 1.33. The van der Waals surface area contributed by atoms with E-state index in [0.717, 1.165) is 12.1 Å². The van der Waals surface area contributed by atoms with Crippen LogP contribution in [0.4, 0.5) is 8.78 Å². The first-order chi connectivity index (χ1) is 8.56. The summed E-state index contributed by atoms with van der Waals surface area (Å²) in [6.45, 7) is 0. The highest BCUT2D eigenvalue weighted by molar-refractivity contribution is 7.99. The average molecular weight is 274 g/mol. The van der Waals surface area contributed by atoms with Gasteiger partial charge >= 0.3 is 5.97 Å². The third kappa shape index (κ3) is 3.20. The molecule has 0 aliphatic carbocycles. The van der Waals surface area contributed by atoms with Crippen molar-refractivity contribution < 1.29 is 23.4 Å². The molecule has 98 valence electrons. The maximum Gasteiger partial charge on any atom is 0.332 e. The van der Waals surface area contributed by atoms with E-state index >= 15 is 0 Å². The van der Waals surface area contributed by atoms with E-state index in [1.54, 1.807) is 0 Å². The van der Waals surface area contributed by atoms with Crippen molar-refractivity contribution in [3.63, 3.8) is 0 Å². The fourth-order valence-electron chi connectivity index (χ4n) is 1.77. The lowest BCUT2D eigenvalue weighted by molar-refractivity contribution is -0.148. The Morgan fingerprint density at radius 3 is 2.78 bits per heavy atom. The van der Waals surface area contributed by atoms with Crippen molar-refractivity contribution >= 4 is 17.7 Å². The van der Waals surface area contributed by atoms with E-state index in [1.807, 2.05) is 0 Å². The van der Waals surface area contributed by atoms with Gasteiger partial charge in [-0.3, -0.25) is 0 Å². The lowest BCUT2D eigenvalue weighted by atomic mass is 10.2. The SMILES string of the molecule is O=C(O)C1CCC(CSc2ccc(F)c(F)c2)O1. The monoisotopic (exact) mass is 274 g/mol. The van der Waals surface area contributed by atoms with E-state index in [1.165, 1.54) is 17.8 Å². The molecule has 2 rings (SSSR count). The average Bonchev–Trinajstić information content (AvgIpc) is 2.79. The van der Waals surface area contributed by atoms with Gasteiger partial charge in [-0.1, -0.05) is 0 Å². The van der Waals surface area contributed by atoms with Gasteiger partial charge in [-0.05, 0) is 31.0 Å². The Morgan fingerprint density at radius 1 is 1.39 bits per heavy atom. The summed E-state index contributed by atoms with van der Waals surface area (Å²) in [5.74, 6) is -2.16. The summed E-state index contributed by atoms with van der Waals surface area (Å²) in [5.41, 5.74) is 0. The van der Waals surface area contributed by atoms with E-state index in [2.05, 4.69) is 0 Å². The molecule has 0 spiro atoms. The van der Waals surface area contributed by atoms with Crippen LogP contribution in [0.1, 0.15) is 12.8 Å². The molecule has 2 atom stereocenters. The second-order valence-electron chi connectivity index (χ2n) is 4.05. The van der Waals surface area contributed by atoms with Crippen LogP contribution in [0.5, 0.6) is 0 Å². The molecule has 1 fully saturated rings. The first-order valence-corrected chi connectivity index (χ1v) is 6.51. The molecule has 1 aromatic carbocycles. The largest absolute Gasteiger partial charge is 0.479 e. The molecule has 18 heavy (non-hydrogen) atoms. The van der Waals surface area contributed by atoms with Crippen molar-refractivity contribution in [1.82, 2.24) is 0 Å². The highest BCUT2D eigenvalue weighted by atomic mass is 32.2. The molecule has 1 heterocycles. The minimum absolute atomic E-state index is 0.149. The van der Waals surface area contributed by atoms with Crippen LogP contribution < -0.4 is 0 Å². The van der Waals surface area contributed by atoms with Gasteiger partial charge < -0.3 is 9.84 Å². The van der Waals surface area contributed by atoms with Gasteiger partial charge in [-0.25, -0.2) is 13.6 Å². The number of carbonyl (C=O) groups is 1. The molecule has 3 nitrogen and oxygen atoms in total. The van der Waals surface area contributed by atoms with Crippen molar-refractivity contribution in [3.05, 3.63) is 29.8 Å². The quantitative estimate of drug-likeness (QED) is 0.857. The first-order valence-electron chi connectivity index (χ1n) is 5.52. The molecule has 1 aliphatic rings. The minimum Gasteiger partial charge on any atom is -0.479 e. The highest BCUT2D eigenvalue weighted by Crippen LogP contribution is 2.27. The number of rotatable bonds is 4. The Labute approximate surface area is 107 Å². The van der Waals surface area contributed by atoms with Gasteiger partial charge in [-0.2, -0.15) is 0 Å². The van der Waals surface area contributed by atoms with Crippen LogP contribution >= 0.6 is 11.8 Å². The van der Waals surface area contributed by atoms with E-state index in [9.17, 15) is 13.6 Å². The molecular weight excluding hydrogens is 262 g/mol. The zero-order valence-electron chi connectivity index (χ0n) is 9.44. The number of hydrogen-bond acceptors (Lipinski definition) is 3. The summed E-state index contributed by atoms with van der Waals surface area (Å²) in [4.78, 5) is 11.3. The first kappa shape index (κ1) is 13.3. The normalized spacial score (nSPS) is 23.2. The molecule has 0 radical (unpaired) electrons. The van der Waals surface area contributed by atoms with Crippen LogP contribution in [0.25, 0.3) is 0 Å². The lowest BCUT2D eigenvalue weighted by Gasteiger charge is -2.10. The van der Waals surface area contributed by atoms with Crippen molar-refractivity contribution in [2.45, 2.75) is 29.9 Å². The van der Waals surface area contributed by atoms with Gasteiger partial charge in [0.25, 0.3) is 0 Å². The van der Waals surface area contributed by atoms with E-state index < -0.39 is 23.7 Å². The van der Waals surface area contributed by atoms with E-state index in [-0.39, 0.29) is 6.10 Å². The van der Waals surface area contributed by atoms with Crippen LogP contribution in [0.2, 0.25) is 0 Å². The Bertz CT molecular complexity index is 453. The van der Waals surface area contributed by atoms with Crippen molar-refractivity contribution in [3.8, 4) is 0 Å². The standard InChI is InChI=1S/C12H12F2O3S/c13-9-3-2-8(5-10(9)14)18-6-7-1-4-11(17-7)12(15)16/h2-3,5,7,11H,1,4,6H2,(H,15,16). The number of carboxylic acids is 1. The number of benzene rings is 1. The predicted octanol–water partition coefficient (Wildman–Crippen LogP) is 2.69. The Hall–Kier alpha value is -1.14. The fraction of sp³-hybridized carbons (Fsp3) is 0.417. The number of hydrogen-bond donors (Lipinski definition) is 1. The van der Waals surface area contributed by atoms with Gasteiger partial charge in [0.2, 0.25) is 0 Å². The molecule has 1 aliphatic heterocycles. The molecule has 0 bridgehead atoms. The van der Waals surface area contributed by atoms with Gasteiger partial charge in [0, 0.05) is 10.6 Å². The number of aliphatic carboxylic acids is 1. The van der Waals surface area contributed by atoms with Crippen LogP contribution in [0.3, 0.4) is 0 Å². The highest BCUT2D eigenvalue weighted by Gasteiger charge is 2.30. The third-order valence-electron chi connectivity index (χ3n) is 2.71. The summed E-state index contributed by atoms with van der Waals surface area (Å²) in [6.07, 6.45) is 0.288. The van der Waals surface area contributed by atoms with Crippen molar-refractivity contribution in [2.75, 3.05) is 5.75 Å². The lowest BCUT2D eigenvalue weighted by Crippen LogP contribution is -2.21. The summed E-state index contributed by atoms with van der Waals surface area (Å²) in [6, 6.07) is 3.70. The number of thioether (sulfide) groups is 1. The smallest absolute Gasteiger partial charge is 0.332 e. The number of ether oxygens (including phenoxy) is 1. The Morgan fingerprint density at radius 2 is 2.17 bits per heavy atom. The summed E-state index contributed by atoms with van der Waals surface area (Å²) in [5, 5.41) is 8.76. The topological polar surface area (TPSA) is 46.5 Å². The molecule has 1 N–H and O–H groups in total. The van der Waals surface area contributed by atoms with Crippen LogP contribution in [0.15, 0.2) is 23.1 Å². The van der Waals surface area contributed by atoms with Crippen LogP contribution in [-0.2, 0) is 9.53 Å². The van der Waals surface area contributed by atoms with E-state index in [4.69, 9.17) is 9.84 Å². The van der Waals surface area contributed by atoms with Gasteiger partial charge in [-0.15, -0.1) is 11.8 Å². The second kappa shape index (κ2) is 5.67. The van der Waals surface area contributed by atoms with Gasteiger partial charge in [0.15, 0.2) is 17.7 Å². The minimum atomic E-state index is -0.949.